The van der Waals surface area contributed by atoms with Gasteiger partial charge in [-0.3, -0.25) is 19.3 Å². The maximum absolute atomic E-state index is 14.0. The van der Waals surface area contributed by atoms with E-state index in [-0.39, 0.29) is 44.9 Å². The molecule has 4 rings (SSSR count). The lowest BCUT2D eigenvalue weighted by Crippen LogP contribution is -2.41. The topological polar surface area (TPSA) is 105 Å². The SMILES string of the molecule is Cc1nc(N(C(=O)C2(C(N)=O)CC2)c2cccc(F)c2)sc1C(=O)Nc1cc(C(F)(F)F)ccc1Cl. The predicted octanol–water partition coefficient (Wildman–Crippen LogP) is 5.45. The second kappa shape index (κ2) is 9.17. The van der Waals surface area contributed by atoms with Crippen molar-refractivity contribution < 1.29 is 31.9 Å². The molecule has 1 saturated carbocycles. The number of hydrogen-bond acceptors (Lipinski definition) is 5. The van der Waals surface area contributed by atoms with Crippen LogP contribution in [0.4, 0.5) is 34.1 Å². The van der Waals surface area contributed by atoms with Gasteiger partial charge in [0.2, 0.25) is 11.8 Å². The van der Waals surface area contributed by atoms with Crippen LogP contribution in [0.25, 0.3) is 0 Å². The van der Waals surface area contributed by atoms with Crippen LogP contribution in [0.1, 0.15) is 33.8 Å². The van der Waals surface area contributed by atoms with Crippen molar-refractivity contribution in [2.75, 3.05) is 10.2 Å². The number of benzene rings is 2. The molecule has 188 valence electrons. The van der Waals surface area contributed by atoms with E-state index in [9.17, 15) is 31.9 Å². The highest BCUT2D eigenvalue weighted by molar-refractivity contribution is 7.18. The fourth-order valence-electron chi connectivity index (χ4n) is 3.50. The van der Waals surface area contributed by atoms with Gasteiger partial charge in [-0.1, -0.05) is 29.0 Å². The van der Waals surface area contributed by atoms with E-state index in [4.69, 9.17) is 17.3 Å². The minimum absolute atomic E-state index is 0.0309. The molecule has 0 atom stereocenters. The lowest BCUT2D eigenvalue weighted by molar-refractivity contribution is -0.137. The molecule has 1 fully saturated rings. The van der Waals surface area contributed by atoms with Crippen molar-refractivity contribution in [1.82, 2.24) is 4.98 Å². The van der Waals surface area contributed by atoms with Crippen molar-refractivity contribution in [2.24, 2.45) is 11.1 Å². The molecule has 1 aliphatic carbocycles. The van der Waals surface area contributed by atoms with Gasteiger partial charge in [-0.05, 0) is 56.2 Å². The molecule has 0 radical (unpaired) electrons. The Balaban J connectivity index is 1.71. The number of thiazole rings is 1. The van der Waals surface area contributed by atoms with Crippen LogP contribution in [-0.4, -0.2) is 22.7 Å². The van der Waals surface area contributed by atoms with Gasteiger partial charge in [0, 0.05) is 0 Å². The van der Waals surface area contributed by atoms with Crippen molar-refractivity contribution in [2.45, 2.75) is 25.9 Å². The fraction of sp³-hybridized carbons (Fsp3) is 0.217. The summed E-state index contributed by atoms with van der Waals surface area (Å²) < 4.78 is 53.2. The van der Waals surface area contributed by atoms with E-state index in [1.807, 2.05) is 0 Å². The molecule has 0 unspecified atom stereocenters. The first-order valence-corrected chi connectivity index (χ1v) is 11.6. The Morgan fingerprint density at radius 2 is 1.86 bits per heavy atom. The summed E-state index contributed by atoms with van der Waals surface area (Å²) in [5, 5.41) is 2.17. The number of nitrogens with one attached hydrogen (secondary N) is 1. The summed E-state index contributed by atoms with van der Waals surface area (Å²) in [6, 6.07) is 7.50. The van der Waals surface area contributed by atoms with Crippen molar-refractivity contribution in [3.05, 3.63) is 69.4 Å². The predicted molar refractivity (Wildman–Crippen MR) is 126 cm³/mol. The Hall–Kier alpha value is -3.51. The van der Waals surface area contributed by atoms with E-state index >= 15 is 0 Å². The second-order valence-corrected chi connectivity index (χ2v) is 9.51. The van der Waals surface area contributed by atoms with Gasteiger partial charge >= 0.3 is 6.18 Å². The van der Waals surface area contributed by atoms with Crippen LogP contribution >= 0.6 is 22.9 Å². The van der Waals surface area contributed by atoms with Crippen LogP contribution in [0.3, 0.4) is 0 Å². The number of amides is 3. The van der Waals surface area contributed by atoms with E-state index in [0.717, 1.165) is 40.5 Å². The van der Waals surface area contributed by atoms with Gasteiger partial charge in [-0.25, -0.2) is 9.37 Å². The van der Waals surface area contributed by atoms with E-state index < -0.39 is 40.7 Å². The number of carbonyl (C=O) groups excluding carboxylic acids is 3. The molecular weight excluding hydrogens is 524 g/mol. The molecule has 1 aromatic heterocycles. The lowest BCUT2D eigenvalue weighted by atomic mass is 10.0. The highest BCUT2D eigenvalue weighted by Gasteiger charge is 2.58. The first-order valence-electron chi connectivity index (χ1n) is 10.4. The summed E-state index contributed by atoms with van der Waals surface area (Å²) in [5.74, 6) is -3.03. The fourth-order valence-corrected chi connectivity index (χ4v) is 4.65. The summed E-state index contributed by atoms with van der Waals surface area (Å²) >= 11 is 6.71. The van der Waals surface area contributed by atoms with Crippen molar-refractivity contribution >= 4 is 57.2 Å². The molecule has 0 saturated heterocycles. The summed E-state index contributed by atoms with van der Waals surface area (Å²) in [6.07, 6.45) is -4.24. The first-order chi connectivity index (χ1) is 16.8. The van der Waals surface area contributed by atoms with Crippen LogP contribution in [0.2, 0.25) is 5.02 Å². The third-order valence-corrected chi connectivity index (χ3v) is 7.10. The minimum atomic E-state index is -4.65. The molecule has 1 aliphatic rings. The normalized spacial score (nSPS) is 14.3. The Labute approximate surface area is 210 Å². The largest absolute Gasteiger partial charge is 0.416 e. The molecule has 1 heterocycles. The van der Waals surface area contributed by atoms with Crippen molar-refractivity contribution in [3.63, 3.8) is 0 Å². The third-order valence-electron chi connectivity index (χ3n) is 5.63. The first kappa shape index (κ1) is 25.6. The summed E-state index contributed by atoms with van der Waals surface area (Å²) in [5.41, 5.74) is 2.91. The number of anilines is 3. The van der Waals surface area contributed by atoms with Crippen molar-refractivity contribution in [1.29, 1.82) is 0 Å². The second-order valence-electron chi connectivity index (χ2n) is 8.12. The Morgan fingerprint density at radius 3 is 2.44 bits per heavy atom. The van der Waals surface area contributed by atoms with Crippen LogP contribution < -0.4 is 16.0 Å². The van der Waals surface area contributed by atoms with Gasteiger partial charge < -0.3 is 11.1 Å². The smallest absolute Gasteiger partial charge is 0.369 e. The standard InChI is InChI=1S/C23H17ClF4N4O3S/c1-11-17(18(33)31-16-9-12(23(26,27)28)5-6-15(16)24)36-21(30-11)32(14-4-2-3-13(25)10-14)20(35)22(7-8-22)19(29)34/h2-6,9-10H,7-8H2,1H3,(H2,29,34)(H,31,33). The van der Waals surface area contributed by atoms with E-state index in [2.05, 4.69) is 10.3 Å². The zero-order valence-electron chi connectivity index (χ0n) is 18.5. The van der Waals surface area contributed by atoms with Crippen molar-refractivity contribution in [3.8, 4) is 0 Å². The number of nitrogens with two attached hydrogens (primary N) is 1. The van der Waals surface area contributed by atoms with Gasteiger partial charge in [0.15, 0.2) is 5.13 Å². The highest BCUT2D eigenvalue weighted by Crippen LogP contribution is 2.49. The van der Waals surface area contributed by atoms with Gasteiger partial charge in [0.05, 0.1) is 27.7 Å². The number of hydrogen-bond donors (Lipinski definition) is 2. The number of nitrogens with zero attached hydrogens (tertiary/aromatic N) is 2. The minimum Gasteiger partial charge on any atom is -0.369 e. The monoisotopic (exact) mass is 540 g/mol. The van der Waals surface area contributed by atoms with Crippen LogP contribution in [0.15, 0.2) is 42.5 Å². The number of aryl methyl sites for hydroxylation is 1. The molecular formula is C23H17ClF4N4O3S. The van der Waals surface area contributed by atoms with Crippen LogP contribution in [-0.2, 0) is 15.8 Å². The highest BCUT2D eigenvalue weighted by atomic mass is 35.5. The molecule has 7 nitrogen and oxygen atoms in total. The quantitative estimate of drug-likeness (QED) is 0.320. The van der Waals surface area contributed by atoms with Gasteiger partial charge in [-0.15, -0.1) is 0 Å². The molecule has 3 amide bonds. The van der Waals surface area contributed by atoms with E-state index in [1.54, 1.807) is 0 Å². The molecule has 2 aromatic carbocycles. The summed E-state index contributed by atoms with van der Waals surface area (Å²) in [6.45, 7) is 1.46. The van der Waals surface area contributed by atoms with Gasteiger partial charge in [-0.2, -0.15) is 13.2 Å². The van der Waals surface area contributed by atoms with Crippen LogP contribution in [0, 0.1) is 18.2 Å². The van der Waals surface area contributed by atoms with E-state index in [1.165, 1.54) is 19.1 Å². The Kier molecular flexibility index (Phi) is 6.52. The average Bonchev–Trinajstić information content (AvgIpc) is 3.52. The number of alkyl halides is 3. The van der Waals surface area contributed by atoms with Gasteiger partial charge in [0.25, 0.3) is 5.91 Å². The maximum Gasteiger partial charge on any atom is 0.416 e. The van der Waals surface area contributed by atoms with Crippen LogP contribution in [0.5, 0.6) is 0 Å². The zero-order valence-corrected chi connectivity index (χ0v) is 20.0. The molecule has 3 N–H and O–H groups in total. The molecule has 0 aliphatic heterocycles. The maximum atomic E-state index is 14.0. The number of carbonyl (C=O) groups is 3. The van der Waals surface area contributed by atoms with Gasteiger partial charge in [0.1, 0.15) is 16.1 Å². The third kappa shape index (κ3) is 4.78. The number of primary amides is 1. The Morgan fingerprint density at radius 1 is 1.17 bits per heavy atom. The average molecular weight is 541 g/mol. The number of rotatable bonds is 6. The summed E-state index contributed by atoms with van der Waals surface area (Å²) in [4.78, 5) is 43.6. The molecule has 3 aromatic rings. The Bertz CT molecular complexity index is 1390. The lowest BCUT2D eigenvalue weighted by Gasteiger charge is -2.23. The van der Waals surface area contributed by atoms with E-state index in [0.29, 0.717) is 6.07 Å². The number of halogens is 5. The molecule has 13 heteroatoms. The molecule has 0 spiro atoms. The molecule has 36 heavy (non-hydrogen) atoms. The zero-order chi connectivity index (χ0) is 26.4. The summed E-state index contributed by atoms with van der Waals surface area (Å²) in [7, 11) is 0. The molecule has 0 bridgehead atoms. The number of aromatic nitrogens is 1.